The lowest BCUT2D eigenvalue weighted by Gasteiger charge is -2.28. The van der Waals surface area contributed by atoms with Crippen LogP contribution in [-0.4, -0.2) is 16.4 Å². The number of benzene rings is 3. The van der Waals surface area contributed by atoms with Crippen molar-refractivity contribution < 1.29 is 10.2 Å². The van der Waals surface area contributed by atoms with Crippen LogP contribution in [0.4, 0.5) is 11.4 Å². The molecule has 4 rings (SSSR count). The highest BCUT2D eigenvalue weighted by molar-refractivity contribution is 5.74. The topological polar surface area (TPSA) is 76.3 Å². The maximum absolute atomic E-state index is 11.1. The van der Waals surface area contributed by atoms with Gasteiger partial charge in [-0.3, -0.25) is 0 Å². The number of fused-ring (bicyclic) bond motifs is 2. The molecule has 0 spiro atoms. The van der Waals surface area contributed by atoms with Crippen LogP contribution < -0.4 is 5.32 Å². The zero-order chi connectivity index (χ0) is 19.0. The van der Waals surface area contributed by atoms with Crippen LogP contribution in [0.2, 0.25) is 0 Å². The fourth-order valence-corrected chi connectivity index (χ4v) is 3.80. The van der Waals surface area contributed by atoms with E-state index in [1.807, 2.05) is 67.6 Å². The van der Waals surface area contributed by atoms with Crippen LogP contribution >= 0.6 is 0 Å². The molecule has 0 saturated heterocycles. The number of rotatable bonds is 4. The Kier molecular flexibility index (Phi) is 4.52. The molecule has 0 aromatic heterocycles. The molecule has 0 fully saturated rings. The largest absolute Gasteiger partial charge is 0.384 e. The van der Waals surface area contributed by atoms with Gasteiger partial charge in [-0.15, -0.1) is 0 Å². The monoisotopic (exact) mass is 358 g/mol. The second-order valence-corrected chi connectivity index (χ2v) is 6.92. The van der Waals surface area contributed by atoms with Gasteiger partial charge in [0, 0.05) is 28.9 Å². The highest BCUT2D eigenvalue weighted by atomic mass is 16.3. The van der Waals surface area contributed by atoms with Crippen molar-refractivity contribution in [3.8, 4) is 0 Å². The van der Waals surface area contributed by atoms with Crippen LogP contribution in [0.25, 0.3) is 0 Å². The number of aryl methyl sites for hydroxylation is 1. The number of hydrogen-bond acceptors (Lipinski definition) is 4. The average Bonchev–Trinajstić information content (AvgIpc) is 2.69. The van der Waals surface area contributed by atoms with Gasteiger partial charge in [-0.25, -0.2) is 0 Å². The van der Waals surface area contributed by atoms with Gasteiger partial charge in [0.2, 0.25) is 0 Å². The standard InChI is InChI=1S/C23H22N2O2/c1-14-12-19-21(25-20-9-5-4-8-17(20)23(19)27)13-18(14)22(26)16-7-3-2-6-15(16)10-11-24/h2-9,11-13,22-27H,10H2,1H3. The molecule has 4 heteroatoms. The number of aliphatic hydroxyl groups is 2. The summed E-state index contributed by atoms with van der Waals surface area (Å²) in [7, 11) is 0. The van der Waals surface area contributed by atoms with Crippen LogP contribution in [-0.2, 0) is 6.42 Å². The first kappa shape index (κ1) is 17.5. The van der Waals surface area contributed by atoms with E-state index in [2.05, 4.69) is 5.32 Å². The van der Waals surface area contributed by atoms with Gasteiger partial charge in [0.25, 0.3) is 0 Å². The molecule has 2 atom stereocenters. The minimum absolute atomic E-state index is 0.488. The first-order chi connectivity index (χ1) is 13.1. The highest BCUT2D eigenvalue weighted by Gasteiger charge is 2.26. The van der Waals surface area contributed by atoms with Crippen LogP contribution in [0.5, 0.6) is 0 Å². The first-order valence-electron chi connectivity index (χ1n) is 9.03. The van der Waals surface area contributed by atoms with Crippen molar-refractivity contribution in [1.82, 2.24) is 0 Å². The fourth-order valence-electron chi connectivity index (χ4n) is 3.80. The summed E-state index contributed by atoms with van der Waals surface area (Å²) in [6.07, 6.45) is 0.358. The summed E-state index contributed by atoms with van der Waals surface area (Å²) in [4.78, 5) is 0. The molecule has 3 aromatic rings. The maximum atomic E-state index is 11.1. The van der Waals surface area contributed by atoms with Gasteiger partial charge in [-0.2, -0.15) is 0 Å². The lowest BCUT2D eigenvalue weighted by molar-refractivity contribution is 0.215. The van der Waals surface area contributed by atoms with Gasteiger partial charge in [-0.1, -0.05) is 48.5 Å². The molecule has 0 bridgehead atoms. The molecule has 1 aliphatic heterocycles. The molecule has 0 radical (unpaired) electrons. The molecule has 1 heterocycles. The average molecular weight is 358 g/mol. The van der Waals surface area contributed by atoms with E-state index in [0.717, 1.165) is 44.8 Å². The maximum Gasteiger partial charge on any atom is 0.108 e. The number of anilines is 2. The Bertz CT molecular complexity index is 1010. The number of nitrogens with one attached hydrogen (secondary N) is 2. The van der Waals surface area contributed by atoms with E-state index in [-0.39, 0.29) is 0 Å². The lowest BCUT2D eigenvalue weighted by Crippen LogP contribution is -2.14. The Labute approximate surface area is 158 Å². The minimum atomic E-state index is -0.789. The summed E-state index contributed by atoms with van der Waals surface area (Å²) < 4.78 is 0. The summed E-state index contributed by atoms with van der Waals surface area (Å²) in [6.45, 7) is 1.95. The third-order valence-corrected chi connectivity index (χ3v) is 5.22. The van der Waals surface area contributed by atoms with E-state index in [1.54, 1.807) is 0 Å². The molecule has 4 N–H and O–H groups in total. The van der Waals surface area contributed by atoms with Crippen molar-refractivity contribution >= 4 is 17.6 Å². The summed E-state index contributed by atoms with van der Waals surface area (Å²) in [5.74, 6) is 0. The number of hydrogen-bond donors (Lipinski definition) is 4. The van der Waals surface area contributed by atoms with E-state index in [0.29, 0.717) is 6.42 Å². The predicted molar refractivity (Wildman–Crippen MR) is 108 cm³/mol. The molecule has 3 aromatic carbocycles. The SMILES string of the molecule is Cc1cc2c(cc1C(O)c1ccccc1CC=N)Nc1ccccc1C2O. The van der Waals surface area contributed by atoms with Crippen molar-refractivity contribution in [3.63, 3.8) is 0 Å². The summed E-state index contributed by atoms with van der Waals surface area (Å²) >= 11 is 0. The van der Waals surface area contributed by atoms with E-state index in [4.69, 9.17) is 5.41 Å². The summed E-state index contributed by atoms with van der Waals surface area (Å²) in [5.41, 5.74) is 6.83. The molecule has 1 aliphatic rings. The summed E-state index contributed by atoms with van der Waals surface area (Å²) in [5, 5.41) is 32.6. The number of para-hydroxylation sites is 1. The Hall–Kier alpha value is -2.95. The first-order valence-corrected chi connectivity index (χ1v) is 9.03. The Morgan fingerprint density at radius 1 is 1.00 bits per heavy atom. The van der Waals surface area contributed by atoms with E-state index in [9.17, 15) is 10.2 Å². The molecular weight excluding hydrogens is 336 g/mol. The zero-order valence-corrected chi connectivity index (χ0v) is 15.1. The fraction of sp³-hybridized carbons (Fsp3) is 0.174. The minimum Gasteiger partial charge on any atom is -0.384 e. The zero-order valence-electron chi connectivity index (χ0n) is 15.1. The van der Waals surface area contributed by atoms with Crippen molar-refractivity contribution in [3.05, 3.63) is 94.0 Å². The molecule has 4 nitrogen and oxygen atoms in total. The van der Waals surface area contributed by atoms with Gasteiger partial charge in [0.15, 0.2) is 0 Å². The van der Waals surface area contributed by atoms with Crippen molar-refractivity contribution in [1.29, 1.82) is 5.41 Å². The van der Waals surface area contributed by atoms with Crippen LogP contribution in [0.1, 0.15) is 45.6 Å². The van der Waals surface area contributed by atoms with Gasteiger partial charge in [0.1, 0.15) is 12.2 Å². The third-order valence-electron chi connectivity index (χ3n) is 5.22. The smallest absolute Gasteiger partial charge is 0.108 e. The molecule has 0 aliphatic carbocycles. The Morgan fingerprint density at radius 2 is 1.74 bits per heavy atom. The van der Waals surface area contributed by atoms with Crippen LogP contribution in [0.15, 0.2) is 60.7 Å². The van der Waals surface area contributed by atoms with Crippen LogP contribution in [0, 0.1) is 12.3 Å². The third kappa shape index (κ3) is 3.03. The molecule has 2 unspecified atom stereocenters. The molecule has 0 saturated carbocycles. The summed E-state index contributed by atoms with van der Waals surface area (Å²) in [6, 6.07) is 19.2. The van der Waals surface area contributed by atoms with Crippen molar-refractivity contribution in [2.45, 2.75) is 25.6 Å². The molecule has 0 amide bonds. The van der Waals surface area contributed by atoms with E-state index < -0.39 is 12.2 Å². The Balaban J connectivity index is 1.78. The lowest BCUT2D eigenvalue weighted by atomic mass is 9.87. The quantitative estimate of drug-likeness (QED) is 0.522. The molecule has 136 valence electrons. The van der Waals surface area contributed by atoms with Gasteiger partial charge >= 0.3 is 0 Å². The van der Waals surface area contributed by atoms with Crippen LogP contribution in [0.3, 0.4) is 0 Å². The number of aliphatic hydroxyl groups excluding tert-OH is 2. The van der Waals surface area contributed by atoms with Gasteiger partial charge < -0.3 is 20.9 Å². The second-order valence-electron chi connectivity index (χ2n) is 6.92. The van der Waals surface area contributed by atoms with Gasteiger partial charge in [0.05, 0.1) is 0 Å². The second kappa shape index (κ2) is 6.99. The highest BCUT2D eigenvalue weighted by Crippen LogP contribution is 2.42. The van der Waals surface area contributed by atoms with E-state index in [1.165, 1.54) is 6.21 Å². The molecule has 27 heavy (non-hydrogen) atoms. The van der Waals surface area contributed by atoms with Gasteiger partial charge in [-0.05, 0) is 47.5 Å². The van der Waals surface area contributed by atoms with E-state index >= 15 is 0 Å². The van der Waals surface area contributed by atoms with Crippen molar-refractivity contribution in [2.24, 2.45) is 0 Å². The normalized spacial score (nSPS) is 16.0. The van der Waals surface area contributed by atoms with Crippen molar-refractivity contribution in [2.75, 3.05) is 5.32 Å². The Morgan fingerprint density at radius 3 is 2.56 bits per heavy atom. The molecular formula is C23H22N2O2. The predicted octanol–water partition coefficient (Wildman–Crippen LogP) is 4.41.